The molecule has 1 aromatic rings. The van der Waals surface area contributed by atoms with Crippen LogP contribution in [0.25, 0.3) is 0 Å². The van der Waals surface area contributed by atoms with Gasteiger partial charge in [-0.15, -0.1) is 0 Å². The summed E-state index contributed by atoms with van der Waals surface area (Å²) in [5, 5.41) is 7.23. The molecule has 2 rings (SSSR count). The fourth-order valence-electron chi connectivity index (χ4n) is 2.34. The van der Waals surface area contributed by atoms with Crippen molar-refractivity contribution < 1.29 is 13.2 Å². The van der Waals surface area contributed by atoms with Crippen molar-refractivity contribution in [1.29, 1.82) is 0 Å². The molecule has 2 unspecified atom stereocenters. The van der Waals surface area contributed by atoms with E-state index in [1.54, 1.807) is 16.9 Å². The van der Waals surface area contributed by atoms with Crippen LogP contribution in [0, 0.1) is 5.92 Å². The van der Waals surface area contributed by atoms with Gasteiger partial charge in [0.25, 0.3) is 0 Å². The smallest absolute Gasteiger partial charge is 0.309 e. The first kappa shape index (κ1) is 12.4. The van der Waals surface area contributed by atoms with Gasteiger partial charge in [0.15, 0.2) is 0 Å². The Hall–Kier alpha value is -1.04. The fraction of sp³-hybridized carbons (Fsp3) is 0.727. The van der Waals surface area contributed by atoms with Crippen LogP contribution in [0.4, 0.5) is 13.2 Å². The fourth-order valence-corrected chi connectivity index (χ4v) is 2.34. The minimum Gasteiger partial charge on any atom is -0.309 e. The second-order valence-electron chi connectivity index (χ2n) is 4.34. The summed E-state index contributed by atoms with van der Waals surface area (Å²) in [5.74, 6) is -1.20. The van der Waals surface area contributed by atoms with Gasteiger partial charge in [-0.3, -0.25) is 4.68 Å². The largest absolute Gasteiger partial charge is 0.391 e. The van der Waals surface area contributed by atoms with Crippen LogP contribution >= 0.6 is 0 Å². The molecule has 6 heteroatoms. The number of aromatic nitrogens is 2. The average Bonchev–Trinajstić information content (AvgIpc) is 2.76. The van der Waals surface area contributed by atoms with Crippen LogP contribution in [0.15, 0.2) is 12.3 Å². The first-order chi connectivity index (χ1) is 8.02. The summed E-state index contributed by atoms with van der Waals surface area (Å²) in [6.07, 6.45) is -2.18. The van der Waals surface area contributed by atoms with E-state index in [0.717, 1.165) is 5.69 Å². The number of piperidine rings is 1. The van der Waals surface area contributed by atoms with E-state index >= 15 is 0 Å². The molecule has 2 heterocycles. The maximum atomic E-state index is 12.7. The van der Waals surface area contributed by atoms with Gasteiger partial charge in [0, 0.05) is 18.8 Å². The van der Waals surface area contributed by atoms with Crippen LogP contribution in [-0.2, 0) is 6.54 Å². The van der Waals surface area contributed by atoms with Gasteiger partial charge in [0.1, 0.15) is 0 Å². The molecule has 3 nitrogen and oxygen atoms in total. The van der Waals surface area contributed by atoms with Crippen molar-refractivity contribution in [3.05, 3.63) is 18.0 Å². The van der Waals surface area contributed by atoms with E-state index in [0.29, 0.717) is 13.1 Å². The van der Waals surface area contributed by atoms with E-state index in [1.807, 2.05) is 6.92 Å². The molecule has 0 radical (unpaired) electrons. The third-order valence-corrected chi connectivity index (χ3v) is 3.27. The third kappa shape index (κ3) is 2.62. The van der Waals surface area contributed by atoms with Crippen molar-refractivity contribution in [3.8, 4) is 0 Å². The third-order valence-electron chi connectivity index (χ3n) is 3.27. The molecule has 0 aliphatic carbocycles. The molecule has 0 amide bonds. The average molecular weight is 247 g/mol. The number of nitrogens with zero attached hydrogens (tertiary/aromatic N) is 2. The van der Waals surface area contributed by atoms with E-state index in [1.165, 1.54) is 0 Å². The highest BCUT2D eigenvalue weighted by atomic mass is 19.4. The predicted octanol–water partition coefficient (Wildman–Crippen LogP) is 2.51. The second-order valence-corrected chi connectivity index (χ2v) is 4.34. The molecular weight excluding hydrogens is 231 g/mol. The minimum atomic E-state index is -4.09. The maximum absolute atomic E-state index is 12.7. The lowest BCUT2D eigenvalue weighted by Crippen LogP contribution is -2.38. The molecule has 0 saturated carbocycles. The number of nitrogens with one attached hydrogen (secondary N) is 1. The van der Waals surface area contributed by atoms with Crippen molar-refractivity contribution in [2.24, 2.45) is 5.92 Å². The van der Waals surface area contributed by atoms with E-state index < -0.39 is 12.1 Å². The zero-order chi connectivity index (χ0) is 12.5. The zero-order valence-corrected chi connectivity index (χ0v) is 9.67. The first-order valence-electron chi connectivity index (χ1n) is 5.84. The molecule has 1 fully saturated rings. The van der Waals surface area contributed by atoms with Crippen LogP contribution in [0.5, 0.6) is 0 Å². The molecular formula is C11H16F3N3. The number of halogens is 3. The van der Waals surface area contributed by atoms with Gasteiger partial charge < -0.3 is 5.32 Å². The zero-order valence-electron chi connectivity index (χ0n) is 9.67. The summed E-state index contributed by atoms with van der Waals surface area (Å²) in [7, 11) is 0. The Kier molecular flexibility index (Phi) is 3.42. The quantitative estimate of drug-likeness (QED) is 0.870. The molecule has 2 atom stereocenters. The highest BCUT2D eigenvalue weighted by Crippen LogP contribution is 2.38. The van der Waals surface area contributed by atoms with Gasteiger partial charge in [-0.25, -0.2) is 0 Å². The summed E-state index contributed by atoms with van der Waals surface area (Å²) in [5.41, 5.74) is 0.849. The number of hydrogen-bond donors (Lipinski definition) is 1. The summed E-state index contributed by atoms with van der Waals surface area (Å²) in [6.45, 7) is 3.02. The molecule has 17 heavy (non-hydrogen) atoms. The predicted molar refractivity (Wildman–Crippen MR) is 57.4 cm³/mol. The lowest BCUT2D eigenvalue weighted by atomic mass is 9.90. The van der Waals surface area contributed by atoms with Gasteiger partial charge in [-0.05, 0) is 32.4 Å². The highest BCUT2D eigenvalue weighted by Gasteiger charge is 2.42. The van der Waals surface area contributed by atoms with E-state index in [-0.39, 0.29) is 18.9 Å². The van der Waals surface area contributed by atoms with Crippen molar-refractivity contribution in [1.82, 2.24) is 15.1 Å². The number of alkyl halides is 3. The SMILES string of the molecule is CCn1nccc1C1CC(C(F)(F)F)CCN1. The van der Waals surface area contributed by atoms with Gasteiger partial charge in [-0.1, -0.05) is 0 Å². The highest BCUT2D eigenvalue weighted by molar-refractivity contribution is 5.08. The lowest BCUT2D eigenvalue weighted by Gasteiger charge is -2.31. The Bertz CT molecular complexity index is 372. The number of hydrogen-bond acceptors (Lipinski definition) is 2. The molecule has 1 aromatic heterocycles. The van der Waals surface area contributed by atoms with Gasteiger partial charge in [-0.2, -0.15) is 18.3 Å². The second kappa shape index (κ2) is 4.68. The molecule has 1 aliphatic heterocycles. The Morgan fingerprint density at radius 1 is 1.53 bits per heavy atom. The normalized spacial score (nSPS) is 26.1. The van der Waals surface area contributed by atoms with E-state index in [9.17, 15) is 13.2 Å². The Morgan fingerprint density at radius 2 is 2.29 bits per heavy atom. The molecule has 0 aromatic carbocycles. The molecule has 96 valence electrons. The van der Waals surface area contributed by atoms with E-state index in [2.05, 4.69) is 10.4 Å². The molecule has 1 N–H and O–H groups in total. The Labute approximate surface area is 98.0 Å². The summed E-state index contributed by atoms with van der Waals surface area (Å²) in [6, 6.07) is 1.55. The van der Waals surface area contributed by atoms with Crippen molar-refractivity contribution in [2.75, 3.05) is 6.54 Å². The Morgan fingerprint density at radius 3 is 2.94 bits per heavy atom. The molecule has 0 spiro atoms. The minimum absolute atomic E-state index is 0.106. The van der Waals surface area contributed by atoms with Gasteiger partial charge in [0.05, 0.1) is 11.6 Å². The van der Waals surface area contributed by atoms with Crippen molar-refractivity contribution in [3.63, 3.8) is 0 Å². The van der Waals surface area contributed by atoms with Gasteiger partial charge >= 0.3 is 6.18 Å². The number of rotatable bonds is 2. The number of aryl methyl sites for hydroxylation is 1. The van der Waals surface area contributed by atoms with Crippen molar-refractivity contribution in [2.45, 2.75) is 38.5 Å². The molecule has 1 saturated heterocycles. The van der Waals surface area contributed by atoms with Crippen LogP contribution in [-0.4, -0.2) is 22.5 Å². The topological polar surface area (TPSA) is 29.9 Å². The van der Waals surface area contributed by atoms with Crippen LogP contribution in [0.3, 0.4) is 0 Å². The maximum Gasteiger partial charge on any atom is 0.391 e. The molecule has 0 bridgehead atoms. The summed E-state index contributed by atoms with van der Waals surface area (Å²) >= 11 is 0. The Balaban J connectivity index is 2.12. The standard InChI is InChI=1S/C11H16F3N3/c1-2-17-10(4-6-16-17)9-7-8(3-5-15-9)11(12,13)14/h4,6,8-9,15H,2-3,5,7H2,1H3. The van der Waals surface area contributed by atoms with Crippen LogP contribution < -0.4 is 5.32 Å². The summed E-state index contributed by atoms with van der Waals surface area (Å²) < 4.78 is 39.8. The first-order valence-corrected chi connectivity index (χ1v) is 5.84. The monoisotopic (exact) mass is 247 g/mol. The summed E-state index contributed by atoms with van der Waals surface area (Å²) in [4.78, 5) is 0. The van der Waals surface area contributed by atoms with Crippen molar-refractivity contribution >= 4 is 0 Å². The van der Waals surface area contributed by atoms with Crippen LogP contribution in [0.1, 0.15) is 31.5 Å². The van der Waals surface area contributed by atoms with E-state index in [4.69, 9.17) is 0 Å². The van der Waals surface area contributed by atoms with Crippen LogP contribution in [0.2, 0.25) is 0 Å². The molecule has 1 aliphatic rings. The van der Waals surface area contributed by atoms with Gasteiger partial charge in [0.2, 0.25) is 0 Å². The lowest BCUT2D eigenvalue weighted by molar-refractivity contribution is -0.183.